The number of benzene rings is 2. The van der Waals surface area contributed by atoms with Gasteiger partial charge in [-0.15, -0.1) is 11.8 Å². The molecule has 0 aromatic heterocycles. The molecule has 2 aromatic rings. The first kappa shape index (κ1) is 18.6. The zero-order chi connectivity index (χ0) is 19.7. The van der Waals surface area contributed by atoms with Crippen molar-refractivity contribution in [2.24, 2.45) is 0 Å². The maximum Gasteiger partial charge on any atom is 0.337 e. The van der Waals surface area contributed by atoms with Gasteiger partial charge in [-0.3, -0.25) is 9.59 Å². The van der Waals surface area contributed by atoms with Crippen molar-refractivity contribution < 1.29 is 19.1 Å². The minimum absolute atomic E-state index is 0.00930. The molecule has 0 unspecified atom stereocenters. The molecule has 0 spiro atoms. The molecule has 2 saturated heterocycles. The molecule has 4 rings (SSSR count). The summed E-state index contributed by atoms with van der Waals surface area (Å²) in [6.45, 7) is 0. The van der Waals surface area contributed by atoms with E-state index in [0.717, 1.165) is 5.56 Å². The van der Waals surface area contributed by atoms with Crippen LogP contribution in [0.15, 0.2) is 54.6 Å². The Labute approximate surface area is 167 Å². The summed E-state index contributed by atoms with van der Waals surface area (Å²) < 4.78 is 4.68. The van der Waals surface area contributed by atoms with Gasteiger partial charge in [0.25, 0.3) is 0 Å². The van der Waals surface area contributed by atoms with Crippen LogP contribution in [-0.4, -0.2) is 41.6 Å². The minimum atomic E-state index is -0.527. The number of carbonyl (C=O) groups is 3. The lowest BCUT2D eigenvalue weighted by molar-refractivity contribution is -0.136. The number of hydrogen-bond donors (Lipinski definition) is 1. The zero-order valence-corrected chi connectivity index (χ0v) is 16.2. The highest BCUT2D eigenvalue weighted by atomic mass is 32.2. The predicted octanol–water partition coefficient (Wildman–Crippen LogP) is 3.00. The average Bonchev–Trinajstić information content (AvgIpc) is 3.28. The minimum Gasteiger partial charge on any atom is -0.465 e. The van der Waals surface area contributed by atoms with Gasteiger partial charge in [-0.2, -0.15) is 0 Å². The van der Waals surface area contributed by atoms with Gasteiger partial charge >= 0.3 is 5.97 Å². The highest BCUT2D eigenvalue weighted by Gasteiger charge is 2.56. The van der Waals surface area contributed by atoms with E-state index < -0.39 is 16.9 Å². The average molecular weight is 396 g/mol. The van der Waals surface area contributed by atoms with E-state index in [9.17, 15) is 14.4 Å². The molecule has 0 aliphatic carbocycles. The first-order valence-corrected chi connectivity index (χ1v) is 10.0. The van der Waals surface area contributed by atoms with Crippen molar-refractivity contribution in [2.75, 3.05) is 18.2 Å². The van der Waals surface area contributed by atoms with Gasteiger partial charge in [0, 0.05) is 17.9 Å². The molecular formula is C21H20N2O4S. The molecule has 2 fully saturated rings. The molecule has 1 N–H and O–H groups in total. The number of fused-ring (bicyclic) bond motifs is 1. The molecule has 2 amide bonds. The number of thioether (sulfide) groups is 1. The highest BCUT2D eigenvalue weighted by Crippen LogP contribution is 2.54. The van der Waals surface area contributed by atoms with Crippen molar-refractivity contribution in [1.29, 1.82) is 0 Å². The topological polar surface area (TPSA) is 75.7 Å². The van der Waals surface area contributed by atoms with Gasteiger partial charge < -0.3 is 15.0 Å². The molecule has 28 heavy (non-hydrogen) atoms. The molecule has 2 aliphatic heterocycles. The summed E-state index contributed by atoms with van der Waals surface area (Å²) in [5.41, 5.74) is 2.05. The molecule has 0 bridgehead atoms. The summed E-state index contributed by atoms with van der Waals surface area (Å²) >= 11 is 1.66. The fourth-order valence-corrected chi connectivity index (χ4v) is 5.52. The number of ether oxygens (including phenoxy) is 1. The molecule has 0 saturated carbocycles. The molecule has 2 aromatic carbocycles. The Kier molecular flexibility index (Phi) is 4.85. The number of nitrogens with zero attached hydrogens (tertiary/aromatic N) is 1. The van der Waals surface area contributed by atoms with Crippen molar-refractivity contribution in [3.8, 4) is 0 Å². The third-order valence-corrected chi connectivity index (χ3v) is 6.82. The maximum atomic E-state index is 12.9. The fraction of sp³-hybridized carbons (Fsp3) is 0.286. The molecule has 144 valence electrons. The fourth-order valence-electron chi connectivity index (χ4n) is 3.87. The standard InChI is InChI=1S/C21H20N2O4S/c1-27-20(26)14-7-9-16(10-8-14)22-19(25)17-13-28-21(12-11-18(24)23(17)21)15-5-3-2-4-6-15/h2-10,17H,11-13H2,1H3,(H,22,25)/t17-,21+/m0/s1. The van der Waals surface area contributed by atoms with E-state index in [-0.39, 0.29) is 11.8 Å². The van der Waals surface area contributed by atoms with E-state index >= 15 is 0 Å². The lowest BCUT2D eigenvalue weighted by Gasteiger charge is -2.34. The summed E-state index contributed by atoms with van der Waals surface area (Å²) in [5.74, 6) is -0.0889. The number of amides is 2. The van der Waals surface area contributed by atoms with Crippen LogP contribution in [0, 0.1) is 0 Å². The van der Waals surface area contributed by atoms with Crippen LogP contribution in [0.4, 0.5) is 5.69 Å². The van der Waals surface area contributed by atoms with E-state index in [1.807, 2.05) is 30.3 Å². The van der Waals surface area contributed by atoms with E-state index in [0.29, 0.717) is 29.8 Å². The second kappa shape index (κ2) is 7.31. The Morgan fingerprint density at radius 2 is 1.86 bits per heavy atom. The summed E-state index contributed by atoms with van der Waals surface area (Å²) in [4.78, 5) is 38.4. The van der Waals surface area contributed by atoms with Crippen LogP contribution >= 0.6 is 11.8 Å². The van der Waals surface area contributed by atoms with Gasteiger partial charge in [-0.25, -0.2) is 4.79 Å². The van der Waals surface area contributed by atoms with Crippen molar-refractivity contribution in [3.63, 3.8) is 0 Å². The van der Waals surface area contributed by atoms with Crippen molar-refractivity contribution in [1.82, 2.24) is 4.90 Å². The van der Waals surface area contributed by atoms with Crippen LogP contribution in [0.3, 0.4) is 0 Å². The van der Waals surface area contributed by atoms with Gasteiger partial charge in [-0.05, 0) is 36.2 Å². The molecular weight excluding hydrogens is 376 g/mol. The maximum absolute atomic E-state index is 12.9. The SMILES string of the molecule is COC(=O)c1ccc(NC(=O)[C@@H]2CS[C@@]3(c4ccccc4)CCC(=O)N23)cc1. The summed E-state index contributed by atoms with van der Waals surface area (Å²) in [7, 11) is 1.32. The van der Waals surface area contributed by atoms with Gasteiger partial charge in [0.2, 0.25) is 11.8 Å². The Bertz CT molecular complexity index is 916. The Morgan fingerprint density at radius 1 is 1.14 bits per heavy atom. The van der Waals surface area contributed by atoms with E-state index in [1.54, 1.807) is 40.9 Å². The summed E-state index contributed by atoms with van der Waals surface area (Å²) in [6.07, 6.45) is 1.15. The second-order valence-corrected chi connectivity index (χ2v) is 8.10. The molecule has 0 radical (unpaired) electrons. The highest BCUT2D eigenvalue weighted by molar-refractivity contribution is 8.00. The number of methoxy groups -OCH3 is 1. The van der Waals surface area contributed by atoms with Gasteiger partial charge in [0.1, 0.15) is 10.9 Å². The van der Waals surface area contributed by atoms with E-state index in [2.05, 4.69) is 10.1 Å². The first-order chi connectivity index (χ1) is 13.5. The number of rotatable bonds is 4. The van der Waals surface area contributed by atoms with Crippen LogP contribution in [0.25, 0.3) is 0 Å². The lowest BCUT2D eigenvalue weighted by Crippen LogP contribution is -2.48. The second-order valence-electron chi connectivity index (χ2n) is 6.80. The predicted molar refractivity (Wildman–Crippen MR) is 107 cm³/mol. The molecule has 7 heteroatoms. The van der Waals surface area contributed by atoms with E-state index in [4.69, 9.17) is 0 Å². The van der Waals surface area contributed by atoms with Crippen molar-refractivity contribution in [3.05, 3.63) is 65.7 Å². The van der Waals surface area contributed by atoms with Crippen LogP contribution in [0.5, 0.6) is 0 Å². The first-order valence-electron chi connectivity index (χ1n) is 9.06. The number of carbonyl (C=O) groups excluding carboxylic acids is 3. The Morgan fingerprint density at radius 3 is 2.54 bits per heavy atom. The molecule has 2 heterocycles. The Balaban J connectivity index is 1.54. The summed E-state index contributed by atoms with van der Waals surface area (Å²) in [5, 5.41) is 2.87. The van der Waals surface area contributed by atoms with Gasteiger partial charge in [-0.1, -0.05) is 30.3 Å². The third kappa shape index (κ3) is 3.05. The van der Waals surface area contributed by atoms with Crippen molar-refractivity contribution in [2.45, 2.75) is 23.8 Å². The molecule has 2 aliphatic rings. The van der Waals surface area contributed by atoms with Gasteiger partial charge in [0.05, 0.1) is 12.7 Å². The normalized spacial score (nSPS) is 23.4. The van der Waals surface area contributed by atoms with Gasteiger partial charge in [0.15, 0.2) is 0 Å². The van der Waals surface area contributed by atoms with E-state index in [1.165, 1.54) is 7.11 Å². The molecule has 6 nitrogen and oxygen atoms in total. The monoisotopic (exact) mass is 396 g/mol. The van der Waals surface area contributed by atoms with Crippen molar-refractivity contribution >= 4 is 35.2 Å². The number of nitrogens with one attached hydrogen (secondary N) is 1. The number of anilines is 1. The smallest absolute Gasteiger partial charge is 0.337 e. The molecule has 2 atom stereocenters. The zero-order valence-electron chi connectivity index (χ0n) is 15.4. The number of hydrogen-bond acceptors (Lipinski definition) is 5. The number of esters is 1. The van der Waals surface area contributed by atoms with Crippen LogP contribution < -0.4 is 5.32 Å². The largest absolute Gasteiger partial charge is 0.465 e. The van der Waals surface area contributed by atoms with Crippen LogP contribution in [-0.2, 0) is 19.2 Å². The lowest BCUT2D eigenvalue weighted by atomic mass is 10.0. The Hall–Kier alpha value is -2.80. The quantitative estimate of drug-likeness (QED) is 0.804. The summed E-state index contributed by atoms with van der Waals surface area (Å²) in [6, 6.07) is 15.9. The van der Waals surface area contributed by atoms with Crippen LogP contribution in [0.1, 0.15) is 28.8 Å². The third-order valence-electron chi connectivity index (χ3n) is 5.23. The van der Waals surface area contributed by atoms with Crippen LogP contribution in [0.2, 0.25) is 0 Å².